The predicted molar refractivity (Wildman–Crippen MR) is 130 cm³/mol. The van der Waals surface area contributed by atoms with Gasteiger partial charge in [-0.2, -0.15) is 15.0 Å². The van der Waals surface area contributed by atoms with Gasteiger partial charge in [-0.25, -0.2) is 0 Å². The van der Waals surface area contributed by atoms with E-state index in [0.29, 0.717) is 44.4 Å². The number of aromatic amines is 1. The molecule has 34 heavy (non-hydrogen) atoms. The van der Waals surface area contributed by atoms with Crippen LogP contribution in [-0.2, 0) is 9.53 Å². The van der Waals surface area contributed by atoms with Gasteiger partial charge < -0.3 is 24.3 Å². The SMILES string of the molecule is C[C@H]1COCCN1c1nc(OC2(C(=O)N(C)C)CCCCC2)nc(-c2ccc3[nH]ccc3c2)n1. The Bertz CT molecular complexity index is 1170. The van der Waals surface area contributed by atoms with Crippen LogP contribution in [0.2, 0.25) is 0 Å². The number of benzene rings is 1. The first kappa shape index (κ1) is 22.6. The Balaban J connectivity index is 1.58. The molecule has 3 aromatic rings. The summed E-state index contributed by atoms with van der Waals surface area (Å²) in [5, 5.41) is 1.08. The third-order valence-electron chi connectivity index (χ3n) is 6.78. The molecule has 2 aliphatic rings. The molecule has 9 heteroatoms. The summed E-state index contributed by atoms with van der Waals surface area (Å²) >= 11 is 0. The molecule has 180 valence electrons. The number of fused-ring (bicyclic) bond motifs is 1. The zero-order chi connectivity index (χ0) is 23.7. The Kier molecular flexibility index (Phi) is 6.12. The predicted octanol–water partition coefficient (Wildman–Crippen LogP) is 3.41. The quantitative estimate of drug-likeness (QED) is 0.618. The minimum atomic E-state index is -0.946. The third-order valence-corrected chi connectivity index (χ3v) is 6.78. The lowest BCUT2D eigenvalue weighted by atomic mass is 9.83. The lowest BCUT2D eigenvalue weighted by Crippen LogP contribution is -2.52. The summed E-state index contributed by atoms with van der Waals surface area (Å²) in [6.07, 6.45) is 6.20. The summed E-state index contributed by atoms with van der Waals surface area (Å²) in [4.78, 5) is 34.4. The monoisotopic (exact) mass is 464 g/mol. The Morgan fingerprint density at radius 3 is 2.76 bits per heavy atom. The second kappa shape index (κ2) is 9.21. The second-order valence-corrected chi connectivity index (χ2v) is 9.50. The number of hydrogen-bond acceptors (Lipinski definition) is 7. The molecule has 3 heterocycles. The number of ether oxygens (including phenoxy) is 2. The van der Waals surface area contributed by atoms with Crippen LogP contribution in [0.15, 0.2) is 30.5 Å². The molecule has 1 aromatic carbocycles. The molecule has 5 rings (SSSR count). The number of amides is 1. The number of carbonyl (C=O) groups excluding carboxylic acids is 1. The van der Waals surface area contributed by atoms with E-state index in [0.717, 1.165) is 35.7 Å². The first-order valence-corrected chi connectivity index (χ1v) is 12.0. The third kappa shape index (κ3) is 4.32. The second-order valence-electron chi connectivity index (χ2n) is 9.50. The fraction of sp³-hybridized carbons (Fsp3) is 0.520. The van der Waals surface area contributed by atoms with E-state index in [1.807, 2.05) is 24.4 Å². The van der Waals surface area contributed by atoms with Crippen molar-refractivity contribution < 1.29 is 14.3 Å². The summed E-state index contributed by atoms with van der Waals surface area (Å²) in [5.41, 5.74) is 0.978. The van der Waals surface area contributed by atoms with Gasteiger partial charge in [-0.1, -0.05) is 6.42 Å². The molecule has 1 atom stereocenters. The maximum absolute atomic E-state index is 13.2. The smallest absolute Gasteiger partial charge is 0.322 e. The largest absolute Gasteiger partial charge is 0.447 e. The number of morpholine rings is 1. The molecule has 2 fully saturated rings. The summed E-state index contributed by atoms with van der Waals surface area (Å²) < 4.78 is 12.1. The van der Waals surface area contributed by atoms with E-state index in [1.165, 1.54) is 0 Å². The fourth-order valence-corrected chi connectivity index (χ4v) is 4.93. The van der Waals surface area contributed by atoms with Crippen molar-refractivity contribution in [3.8, 4) is 17.4 Å². The molecule has 1 aliphatic heterocycles. The van der Waals surface area contributed by atoms with Crippen LogP contribution >= 0.6 is 0 Å². The number of H-pyrrole nitrogens is 1. The normalized spacial score (nSPS) is 20.3. The first-order valence-electron chi connectivity index (χ1n) is 12.0. The minimum absolute atomic E-state index is 0.0378. The molecule has 1 aliphatic carbocycles. The minimum Gasteiger partial charge on any atom is -0.447 e. The number of nitrogens with one attached hydrogen (secondary N) is 1. The number of aromatic nitrogens is 4. The summed E-state index contributed by atoms with van der Waals surface area (Å²) in [6, 6.07) is 8.41. The van der Waals surface area contributed by atoms with Crippen molar-refractivity contribution in [2.24, 2.45) is 0 Å². The van der Waals surface area contributed by atoms with Crippen molar-refractivity contribution in [1.82, 2.24) is 24.8 Å². The van der Waals surface area contributed by atoms with Crippen molar-refractivity contribution in [1.29, 1.82) is 0 Å². The fourth-order valence-electron chi connectivity index (χ4n) is 4.93. The van der Waals surface area contributed by atoms with E-state index >= 15 is 0 Å². The summed E-state index contributed by atoms with van der Waals surface area (Å²) in [7, 11) is 3.54. The summed E-state index contributed by atoms with van der Waals surface area (Å²) in [6.45, 7) is 3.99. The van der Waals surface area contributed by atoms with Crippen LogP contribution in [0.1, 0.15) is 39.0 Å². The van der Waals surface area contributed by atoms with E-state index in [1.54, 1.807) is 19.0 Å². The van der Waals surface area contributed by atoms with Crippen LogP contribution in [0.3, 0.4) is 0 Å². The van der Waals surface area contributed by atoms with Crippen molar-refractivity contribution in [2.75, 3.05) is 38.8 Å². The Labute approximate surface area is 199 Å². The molecule has 1 saturated carbocycles. The van der Waals surface area contributed by atoms with E-state index in [9.17, 15) is 4.79 Å². The molecule has 1 amide bonds. The van der Waals surface area contributed by atoms with Crippen LogP contribution in [-0.4, -0.2) is 76.2 Å². The highest BCUT2D eigenvalue weighted by Gasteiger charge is 2.44. The van der Waals surface area contributed by atoms with Gasteiger partial charge in [0.15, 0.2) is 11.4 Å². The highest BCUT2D eigenvalue weighted by molar-refractivity contribution is 5.85. The van der Waals surface area contributed by atoms with Crippen molar-refractivity contribution >= 4 is 22.8 Å². The van der Waals surface area contributed by atoms with Crippen LogP contribution in [0.4, 0.5) is 5.95 Å². The standard InChI is InChI=1S/C25H32N6O3/c1-17-16-33-14-13-31(17)23-27-21(19-7-8-20-18(15-19)9-12-26-20)28-24(29-23)34-25(22(32)30(2)3)10-5-4-6-11-25/h7-9,12,15,17,26H,4-6,10-11,13-14,16H2,1-3H3/t17-/m0/s1. The van der Waals surface area contributed by atoms with Crippen LogP contribution in [0.5, 0.6) is 6.01 Å². The van der Waals surface area contributed by atoms with Gasteiger partial charge in [0.2, 0.25) is 5.95 Å². The molecule has 0 unspecified atom stereocenters. The van der Waals surface area contributed by atoms with Gasteiger partial charge in [-0.05, 0) is 56.9 Å². The average Bonchev–Trinajstić information content (AvgIpc) is 3.32. The number of nitrogens with zero attached hydrogens (tertiary/aromatic N) is 5. The molecule has 0 spiro atoms. The average molecular weight is 465 g/mol. The molecule has 1 saturated heterocycles. The Hall–Kier alpha value is -3.20. The van der Waals surface area contributed by atoms with Gasteiger partial charge in [-0.15, -0.1) is 0 Å². The van der Waals surface area contributed by atoms with Crippen LogP contribution in [0.25, 0.3) is 22.3 Å². The van der Waals surface area contributed by atoms with Crippen molar-refractivity contribution in [3.05, 3.63) is 30.5 Å². The van der Waals surface area contributed by atoms with E-state index < -0.39 is 5.60 Å². The molecule has 9 nitrogen and oxygen atoms in total. The van der Waals surface area contributed by atoms with E-state index in [4.69, 9.17) is 24.4 Å². The first-order chi connectivity index (χ1) is 16.4. The molecular weight excluding hydrogens is 432 g/mol. The molecule has 1 N–H and O–H groups in total. The van der Waals surface area contributed by atoms with Gasteiger partial charge in [0, 0.05) is 43.3 Å². The number of hydrogen-bond donors (Lipinski definition) is 1. The zero-order valence-corrected chi connectivity index (χ0v) is 20.1. The van der Waals surface area contributed by atoms with Gasteiger partial charge in [0.25, 0.3) is 5.91 Å². The van der Waals surface area contributed by atoms with Crippen molar-refractivity contribution in [2.45, 2.75) is 50.7 Å². The highest BCUT2D eigenvalue weighted by Crippen LogP contribution is 2.35. The molecule has 0 radical (unpaired) electrons. The van der Waals surface area contributed by atoms with Gasteiger partial charge >= 0.3 is 6.01 Å². The van der Waals surface area contributed by atoms with Gasteiger partial charge in [0.05, 0.1) is 19.3 Å². The molecule has 2 aromatic heterocycles. The number of carbonyl (C=O) groups is 1. The number of anilines is 1. The maximum atomic E-state index is 13.2. The molecular formula is C25H32N6O3. The lowest BCUT2D eigenvalue weighted by Gasteiger charge is -2.37. The number of likely N-dealkylation sites (N-methyl/N-ethyl adjacent to an activating group) is 1. The zero-order valence-electron chi connectivity index (χ0n) is 20.1. The van der Waals surface area contributed by atoms with Crippen LogP contribution in [0, 0.1) is 0 Å². The maximum Gasteiger partial charge on any atom is 0.322 e. The lowest BCUT2D eigenvalue weighted by molar-refractivity contribution is -0.149. The van der Waals surface area contributed by atoms with Crippen LogP contribution < -0.4 is 9.64 Å². The molecule has 0 bridgehead atoms. The van der Waals surface area contributed by atoms with E-state index in [-0.39, 0.29) is 18.0 Å². The van der Waals surface area contributed by atoms with Gasteiger partial charge in [-0.3, -0.25) is 4.79 Å². The summed E-state index contributed by atoms with van der Waals surface area (Å²) in [5.74, 6) is 1.04. The highest BCUT2D eigenvalue weighted by atomic mass is 16.5. The Morgan fingerprint density at radius 1 is 1.18 bits per heavy atom. The Morgan fingerprint density at radius 2 is 2.00 bits per heavy atom. The number of rotatable bonds is 5. The topological polar surface area (TPSA) is 96.5 Å². The van der Waals surface area contributed by atoms with Gasteiger partial charge in [0.1, 0.15) is 0 Å². The van der Waals surface area contributed by atoms with E-state index in [2.05, 4.69) is 22.9 Å². The van der Waals surface area contributed by atoms with Crippen molar-refractivity contribution in [3.63, 3.8) is 0 Å².